The van der Waals surface area contributed by atoms with Crippen LogP contribution in [0.5, 0.6) is 11.5 Å². The van der Waals surface area contributed by atoms with E-state index in [9.17, 15) is 4.79 Å². The van der Waals surface area contributed by atoms with Gasteiger partial charge in [0.05, 0.1) is 6.61 Å². The molecule has 0 spiro atoms. The molecule has 0 amide bonds. The molecular formula is C13H12O4. The number of hydrogen-bond acceptors (Lipinski definition) is 4. The Labute approximate surface area is 98.8 Å². The van der Waals surface area contributed by atoms with Crippen LogP contribution in [-0.2, 0) is 4.74 Å². The van der Waals surface area contributed by atoms with Gasteiger partial charge in [-0.1, -0.05) is 0 Å². The molecule has 17 heavy (non-hydrogen) atoms. The highest BCUT2D eigenvalue weighted by atomic mass is 16.6. The Morgan fingerprint density at radius 1 is 1.00 bits per heavy atom. The van der Waals surface area contributed by atoms with Crippen molar-refractivity contribution in [3.8, 4) is 11.5 Å². The van der Waals surface area contributed by atoms with Crippen molar-refractivity contribution in [3.05, 3.63) is 35.6 Å². The molecule has 2 aliphatic heterocycles. The number of benzene rings is 1. The number of carbonyl (C=O) groups is 1. The number of rotatable bonds is 2. The highest BCUT2D eigenvalue weighted by molar-refractivity contribution is 6.07. The molecule has 2 heterocycles. The van der Waals surface area contributed by atoms with Crippen molar-refractivity contribution >= 4 is 5.78 Å². The second-order valence-electron chi connectivity index (χ2n) is 3.89. The van der Waals surface area contributed by atoms with Gasteiger partial charge < -0.3 is 14.2 Å². The average molecular weight is 232 g/mol. The molecule has 88 valence electrons. The van der Waals surface area contributed by atoms with Crippen molar-refractivity contribution in [3.63, 3.8) is 0 Å². The summed E-state index contributed by atoms with van der Waals surface area (Å²) in [6.07, 6.45) is 2.62. The summed E-state index contributed by atoms with van der Waals surface area (Å²) in [6, 6.07) is 5.20. The largest absolute Gasteiger partial charge is 0.489 e. The summed E-state index contributed by atoms with van der Waals surface area (Å²) in [5.41, 5.74) is 0.572. The average Bonchev–Trinajstić information content (AvgIpc) is 2.91. The van der Waals surface area contributed by atoms with E-state index in [1.54, 1.807) is 18.2 Å². The van der Waals surface area contributed by atoms with E-state index < -0.39 is 0 Å². The second-order valence-corrected chi connectivity index (χ2v) is 3.89. The zero-order valence-electron chi connectivity index (χ0n) is 9.27. The maximum absolute atomic E-state index is 12.0. The Bertz CT molecular complexity index is 490. The fraction of sp³-hybridized carbons (Fsp3) is 0.308. The third-order valence-electron chi connectivity index (χ3n) is 2.73. The van der Waals surface area contributed by atoms with E-state index >= 15 is 0 Å². The first-order chi connectivity index (χ1) is 8.34. The van der Waals surface area contributed by atoms with Gasteiger partial charge in [-0.3, -0.25) is 4.79 Å². The molecule has 4 heteroatoms. The predicted molar refractivity (Wildman–Crippen MR) is 60.4 cm³/mol. The molecule has 0 saturated heterocycles. The molecule has 0 aromatic heterocycles. The highest BCUT2D eigenvalue weighted by Gasteiger charge is 2.20. The number of hydrogen-bond donors (Lipinski definition) is 0. The van der Waals surface area contributed by atoms with Gasteiger partial charge in [-0.2, -0.15) is 0 Å². The number of carbonyl (C=O) groups excluding carboxylic acids is 1. The van der Waals surface area contributed by atoms with Crippen LogP contribution in [0.1, 0.15) is 16.8 Å². The van der Waals surface area contributed by atoms with E-state index in [0.29, 0.717) is 42.6 Å². The molecule has 0 saturated carbocycles. The molecule has 4 nitrogen and oxygen atoms in total. The third kappa shape index (κ3) is 1.86. The Balaban J connectivity index is 1.90. The van der Waals surface area contributed by atoms with E-state index in [0.717, 1.165) is 6.42 Å². The van der Waals surface area contributed by atoms with Crippen LogP contribution in [-0.4, -0.2) is 25.6 Å². The molecular weight excluding hydrogens is 220 g/mol. The summed E-state index contributed by atoms with van der Waals surface area (Å²) < 4.78 is 16.1. The van der Waals surface area contributed by atoms with Crippen LogP contribution in [0, 0.1) is 0 Å². The van der Waals surface area contributed by atoms with Gasteiger partial charge in [0.15, 0.2) is 17.3 Å². The molecule has 0 fully saturated rings. The summed E-state index contributed by atoms with van der Waals surface area (Å²) >= 11 is 0. The fourth-order valence-corrected chi connectivity index (χ4v) is 1.90. The summed E-state index contributed by atoms with van der Waals surface area (Å²) in [6.45, 7) is 1.66. The number of ether oxygens (including phenoxy) is 3. The molecule has 0 bridgehead atoms. The van der Waals surface area contributed by atoms with Crippen molar-refractivity contribution in [1.82, 2.24) is 0 Å². The summed E-state index contributed by atoms with van der Waals surface area (Å²) in [5.74, 6) is 1.65. The van der Waals surface area contributed by atoms with E-state index in [4.69, 9.17) is 14.2 Å². The van der Waals surface area contributed by atoms with Gasteiger partial charge in [-0.15, -0.1) is 0 Å². The van der Waals surface area contributed by atoms with Gasteiger partial charge in [0.2, 0.25) is 5.78 Å². The van der Waals surface area contributed by atoms with Crippen LogP contribution in [0.4, 0.5) is 0 Å². The molecule has 1 aromatic rings. The van der Waals surface area contributed by atoms with Crippen molar-refractivity contribution in [2.75, 3.05) is 19.8 Å². The lowest BCUT2D eigenvalue weighted by atomic mass is 10.1. The zero-order chi connectivity index (χ0) is 11.7. The smallest absolute Gasteiger partial charge is 0.227 e. The van der Waals surface area contributed by atoms with Crippen LogP contribution in [0.15, 0.2) is 30.0 Å². The monoisotopic (exact) mass is 232 g/mol. The van der Waals surface area contributed by atoms with Crippen molar-refractivity contribution in [1.29, 1.82) is 0 Å². The second kappa shape index (κ2) is 4.13. The first-order valence-electron chi connectivity index (χ1n) is 5.62. The topological polar surface area (TPSA) is 44.8 Å². The quantitative estimate of drug-likeness (QED) is 0.731. The van der Waals surface area contributed by atoms with E-state index in [1.807, 2.05) is 6.08 Å². The van der Waals surface area contributed by atoms with Gasteiger partial charge in [-0.05, 0) is 24.3 Å². The van der Waals surface area contributed by atoms with Crippen molar-refractivity contribution < 1.29 is 19.0 Å². The number of allylic oxidation sites excluding steroid dienone is 1. The standard InChI is InChI=1S/C13H12O4/c14-13(11-2-1-5-15-11)9-3-4-10-12(8-9)17-7-6-16-10/h2-4,8H,1,5-7H2. The molecule has 2 aliphatic rings. The molecule has 0 N–H and O–H groups in total. The highest BCUT2D eigenvalue weighted by Crippen LogP contribution is 2.31. The van der Waals surface area contributed by atoms with Crippen LogP contribution in [0.25, 0.3) is 0 Å². The van der Waals surface area contributed by atoms with Gasteiger partial charge >= 0.3 is 0 Å². The summed E-state index contributed by atoms with van der Waals surface area (Å²) in [4.78, 5) is 12.0. The number of fused-ring (bicyclic) bond motifs is 1. The molecule has 0 unspecified atom stereocenters. The zero-order valence-corrected chi connectivity index (χ0v) is 9.27. The Kier molecular flexibility index (Phi) is 2.48. The normalized spacial score (nSPS) is 17.3. The van der Waals surface area contributed by atoms with E-state index in [2.05, 4.69) is 0 Å². The predicted octanol–water partition coefficient (Wildman–Crippen LogP) is 1.94. The van der Waals surface area contributed by atoms with Crippen LogP contribution >= 0.6 is 0 Å². The van der Waals surface area contributed by atoms with Crippen LogP contribution < -0.4 is 9.47 Å². The number of ketones is 1. The summed E-state index contributed by atoms with van der Waals surface area (Å²) in [7, 11) is 0. The Morgan fingerprint density at radius 3 is 2.59 bits per heavy atom. The molecule has 0 radical (unpaired) electrons. The molecule has 0 atom stereocenters. The van der Waals surface area contributed by atoms with Gasteiger partial charge in [-0.25, -0.2) is 0 Å². The maximum Gasteiger partial charge on any atom is 0.227 e. The maximum atomic E-state index is 12.0. The van der Waals surface area contributed by atoms with Gasteiger partial charge in [0.25, 0.3) is 0 Å². The van der Waals surface area contributed by atoms with Crippen molar-refractivity contribution in [2.45, 2.75) is 6.42 Å². The fourth-order valence-electron chi connectivity index (χ4n) is 1.90. The summed E-state index contributed by atoms with van der Waals surface area (Å²) in [5, 5.41) is 0. The Hall–Kier alpha value is -1.97. The van der Waals surface area contributed by atoms with Crippen LogP contribution in [0.3, 0.4) is 0 Å². The first kappa shape index (κ1) is 10.2. The minimum absolute atomic E-state index is 0.0977. The van der Waals surface area contributed by atoms with E-state index in [-0.39, 0.29) is 5.78 Å². The van der Waals surface area contributed by atoms with E-state index in [1.165, 1.54) is 0 Å². The Morgan fingerprint density at radius 2 is 1.82 bits per heavy atom. The SMILES string of the molecule is O=C(C1=CCCO1)c1ccc2c(c1)OCCO2. The molecule has 3 rings (SSSR count). The minimum atomic E-state index is -0.0977. The lowest BCUT2D eigenvalue weighted by Crippen LogP contribution is -2.16. The number of Topliss-reactive ketones (excluding diaryl/α,β-unsaturated/α-hetero) is 1. The van der Waals surface area contributed by atoms with Crippen molar-refractivity contribution in [2.24, 2.45) is 0 Å². The van der Waals surface area contributed by atoms with Crippen LogP contribution in [0.2, 0.25) is 0 Å². The lowest BCUT2D eigenvalue weighted by Gasteiger charge is -2.18. The van der Waals surface area contributed by atoms with Gasteiger partial charge in [0.1, 0.15) is 13.2 Å². The minimum Gasteiger partial charge on any atom is -0.489 e. The molecule has 0 aliphatic carbocycles. The molecule has 1 aromatic carbocycles. The van der Waals surface area contributed by atoms with Gasteiger partial charge in [0, 0.05) is 12.0 Å². The lowest BCUT2D eigenvalue weighted by molar-refractivity contribution is 0.0941. The third-order valence-corrected chi connectivity index (χ3v) is 2.73. The first-order valence-corrected chi connectivity index (χ1v) is 5.62.